The van der Waals surface area contributed by atoms with Crippen molar-refractivity contribution in [3.8, 4) is 11.3 Å². The van der Waals surface area contributed by atoms with Gasteiger partial charge >= 0.3 is 0 Å². The van der Waals surface area contributed by atoms with Gasteiger partial charge in [-0.15, -0.1) is 0 Å². The van der Waals surface area contributed by atoms with Crippen LogP contribution in [0.4, 0.5) is 0 Å². The molecule has 1 aromatic heterocycles. The topological polar surface area (TPSA) is 22.0 Å². The van der Waals surface area contributed by atoms with Gasteiger partial charge in [0.15, 0.2) is 0 Å². The molecule has 0 radical (unpaired) electrons. The van der Waals surface area contributed by atoms with Crippen molar-refractivity contribution in [3.63, 3.8) is 0 Å². The van der Waals surface area contributed by atoms with Crippen molar-refractivity contribution in [2.75, 3.05) is 0 Å². The number of carbonyl (C=O) groups is 1. The number of benzene rings is 3. The van der Waals surface area contributed by atoms with E-state index in [1.165, 1.54) is 10.8 Å². The van der Waals surface area contributed by atoms with Gasteiger partial charge in [0.05, 0.1) is 11.2 Å². The molecule has 0 N–H and O–H groups in total. The zero-order valence-electron chi connectivity index (χ0n) is 12.3. The molecule has 0 saturated carbocycles. The van der Waals surface area contributed by atoms with E-state index >= 15 is 0 Å². The van der Waals surface area contributed by atoms with Gasteiger partial charge in [0.2, 0.25) is 5.91 Å². The molecule has 0 atom stereocenters. The van der Waals surface area contributed by atoms with Crippen LogP contribution in [0.25, 0.3) is 32.9 Å². The van der Waals surface area contributed by atoms with Gasteiger partial charge in [-0.3, -0.25) is 9.36 Å². The van der Waals surface area contributed by atoms with Crippen LogP contribution >= 0.6 is 0 Å². The third-order valence-corrected chi connectivity index (χ3v) is 4.07. The number of para-hydroxylation sites is 1. The fourth-order valence-electron chi connectivity index (χ4n) is 3.06. The molecule has 0 saturated heterocycles. The van der Waals surface area contributed by atoms with Gasteiger partial charge in [-0.2, -0.15) is 0 Å². The second-order valence-electron chi connectivity index (χ2n) is 5.50. The minimum atomic E-state index is 0.0318. The molecule has 4 rings (SSSR count). The van der Waals surface area contributed by atoms with Crippen molar-refractivity contribution in [3.05, 3.63) is 72.8 Å². The summed E-state index contributed by atoms with van der Waals surface area (Å²) in [6, 6.07) is 24.7. The van der Waals surface area contributed by atoms with Crippen LogP contribution in [0.5, 0.6) is 0 Å². The van der Waals surface area contributed by atoms with Crippen LogP contribution < -0.4 is 0 Å². The monoisotopic (exact) mass is 285 g/mol. The largest absolute Gasteiger partial charge is 0.280 e. The average Bonchev–Trinajstić information content (AvgIpc) is 2.94. The highest BCUT2D eigenvalue weighted by Gasteiger charge is 2.13. The first-order valence-corrected chi connectivity index (χ1v) is 7.35. The summed E-state index contributed by atoms with van der Waals surface area (Å²) in [6.45, 7) is 1.61. The third kappa shape index (κ3) is 1.92. The molecule has 2 nitrogen and oxygen atoms in total. The summed E-state index contributed by atoms with van der Waals surface area (Å²) in [5.74, 6) is 0.0318. The van der Waals surface area contributed by atoms with Gasteiger partial charge in [-0.1, -0.05) is 54.6 Å². The maximum atomic E-state index is 12.1. The van der Waals surface area contributed by atoms with E-state index < -0.39 is 0 Å². The first-order valence-electron chi connectivity index (χ1n) is 7.35. The summed E-state index contributed by atoms with van der Waals surface area (Å²) in [5.41, 5.74) is 2.96. The first kappa shape index (κ1) is 12.8. The summed E-state index contributed by atoms with van der Waals surface area (Å²) < 4.78 is 1.79. The molecule has 1 heterocycles. The molecule has 0 unspecified atom stereocenters. The zero-order valence-corrected chi connectivity index (χ0v) is 12.3. The van der Waals surface area contributed by atoms with Gasteiger partial charge in [-0.25, -0.2) is 0 Å². The fraction of sp³-hybridized carbons (Fsp3) is 0.0500. The van der Waals surface area contributed by atoms with Gasteiger partial charge in [0, 0.05) is 12.3 Å². The van der Waals surface area contributed by atoms with Crippen molar-refractivity contribution in [2.24, 2.45) is 0 Å². The fourth-order valence-corrected chi connectivity index (χ4v) is 3.06. The zero-order chi connectivity index (χ0) is 15.1. The quantitative estimate of drug-likeness (QED) is 0.475. The van der Waals surface area contributed by atoms with Crippen LogP contribution in [0.3, 0.4) is 0 Å². The average molecular weight is 285 g/mol. The van der Waals surface area contributed by atoms with Gasteiger partial charge in [-0.05, 0) is 34.5 Å². The van der Waals surface area contributed by atoms with Crippen LogP contribution in [0.2, 0.25) is 0 Å². The Hall–Kier alpha value is -2.87. The highest BCUT2D eigenvalue weighted by molar-refractivity contribution is 5.99. The lowest BCUT2D eigenvalue weighted by atomic mass is 10.0. The molecular weight excluding hydrogens is 270 g/mol. The second-order valence-corrected chi connectivity index (χ2v) is 5.50. The van der Waals surface area contributed by atoms with E-state index in [-0.39, 0.29) is 5.91 Å². The first-order chi connectivity index (χ1) is 10.7. The highest BCUT2D eigenvalue weighted by atomic mass is 16.1. The second kappa shape index (κ2) is 4.85. The SMILES string of the molecule is CC(=O)n1c(-c2ccc3ccccc3c2)cc2ccccc21. The number of rotatable bonds is 1. The summed E-state index contributed by atoms with van der Waals surface area (Å²) in [7, 11) is 0. The number of carbonyl (C=O) groups excluding carboxylic acids is 1. The molecule has 0 bridgehead atoms. The predicted molar refractivity (Wildman–Crippen MR) is 91.2 cm³/mol. The number of hydrogen-bond acceptors (Lipinski definition) is 1. The van der Waals surface area contributed by atoms with Crippen LogP contribution in [0.15, 0.2) is 72.8 Å². The van der Waals surface area contributed by atoms with Crippen molar-refractivity contribution in [1.29, 1.82) is 0 Å². The van der Waals surface area contributed by atoms with E-state index in [1.54, 1.807) is 11.5 Å². The molecule has 0 aliphatic rings. The molecule has 0 fully saturated rings. The van der Waals surface area contributed by atoms with E-state index in [1.807, 2.05) is 36.4 Å². The maximum absolute atomic E-state index is 12.1. The Morgan fingerprint density at radius 1 is 0.773 bits per heavy atom. The number of hydrogen-bond donors (Lipinski definition) is 0. The Morgan fingerprint density at radius 2 is 1.45 bits per heavy atom. The lowest BCUT2D eigenvalue weighted by Gasteiger charge is -2.08. The number of nitrogens with zero attached hydrogens (tertiary/aromatic N) is 1. The molecule has 3 aromatic carbocycles. The normalized spacial score (nSPS) is 11.1. The predicted octanol–water partition coefficient (Wildman–Crippen LogP) is 5.12. The maximum Gasteiger partial charge on any atom is 0.228 e. The Labute approximate surface area is 128 Å². The van der Waals surface area contributed by atoms with E-state index in [4.69, 9.17) is 0 Å². The van der Waals surface area contributed by atoms with E-state index in [2.05, 4.69) is 36.4 Å². The number of aromatic nitrogens is 1. The molecule has 0 aliphatic heterocycles. The summed E-state index contributed by atoms with van der Waals surface area (Å²) >= 11 is 0. The standard InChI is InChI=1S/C20H15NO/c1-14(22)21-19-9-5-4-8-17(19)13-20(21)18-11-10-15-6-2-3-7-16(15)12-18/h2-13H,1H3. The van der Waals surface area contributed by atoms with Crippen molar-refractivity contribution >= 4 is 27.6 Å². The van der Waals surface area contributed by atoms with Crippen LogP contribution in [0, 0.1) is 0 Å². The van der Waals surface area contributed by atoms with E-state index in [9.17, 15) is 4.79 Å². The van der Waals surface area contributed by atoms with Crippen molar-refractivity contribution < 1.29 is 4.79 Å². The minimum absolute atomic E-state index is 0.0318. The third-order valence-electron chi connectivity index (χ3n) is 4.07. The Bertz CT molecular complexity index is 1010. The lowest BCUT2D eigenvalue weighted by molar-refractivity contribution is 0.0943. The molecule has 22 heavy (non-hydrogen) atoms. The summed E-state index contributed by atoms with van der Waals surface area (Å²) in [6.07, 6.45) is 0. The molecule has 2 heteroatoms. The summed E-state index contributed by atoms with van der Waals surface area (Å²) in [4.78, 5) is 12.1. The lowest BCUT2D eigenvalue weighted by Crippen LogP contribution is -2.06. The van der Waals surface area contributed by atoms with E-state index in [0.29, 0.717) is 0 Å². The van der Waals surface area contributed by atoms with Gasteiger partial charge in [0.25, 0.3) is 0 Å². The van der Waals surface area contributed by atoms with E-state index in [0.717, 1.165) is 22.2 Å². The van der Waals surface area contributed by atoms with Crippen molar-refractivity contribution in [2.45, 2.75) is 6.92 Å². The molecule has 106 valence electrons. The summed E-state index contributed by atoms with van der Waals surface area (Å²) in [5, 5.41) is 3.47. The Kier molecular flexibility index (Phi) is 2.83. The Morgan fingerprint density at radius 3 is 2.23 bits per heavy atom. The van der Waals surface area contributed by atoms with Gasteiger partial charge in [0.1, 0.15) is 0 Å². The highest BCUT2D eigenvalue weighted by Crippen LogP contribution is 2.30. The Balaban J connectivity index is 2.03. The number of fused-ring (bicyclic) bond motifs is 2. The molecule has 4 aromatic rings. The van der Waals surface area contributed by atoms with Crippen LogP contribution in [0.1, 0.15) is 11.7 Å². The molecule has 0 amide bonds. The smallest absolute Gasteiger partial charge is 0.228 e. The van der Waals surface area contributed by atoms with Gasteiger partial charge < -0.3 is 0 Å². The van der Waals surface area contributed by atoms with Crippen molar-refractivity contribution in [1.82, 2.24) is 4.57 Å². The molecule has 0 aliphatic carbocycles. The molecular formula is C20H15NO. The van der Waals surface area contributed by atoms with Crippen LogP contribution in [-0.4, -0.2) is 10.5 Å². The molecule has 0 spiro atoms. The van der Waals surface area contributed by atoms with Crippen LogP contribution in [-0.2, 0) is 0 Å². The minimum Gasteiger partial charge on any atom is -0.280 e.